The standard InChI is InChI=1S/C7H13N2O2/c1-11-7(10)4-6-2-3-8-5-9-6/h6,8H,2-5H2,1H3. The number of carbonyl (C=O) groups excluding carboxylic acids is 1. The highest BCUT2D eigenvalue weighted by Crippen LogP contribution is 2.02. The van der Waals surface area contributed by atoms with E-state index in [1.165, 1.54) is 7.11 Å². The van der Waals surface area contributed by atoms with Gasteiger partial charge in [-0.2, -0.15) is 0 Å². The van der Waals surface area contributed by atoms with Crippen molar-refractivity contribution in [1.29, 1.82) is 0 Å². The van der Waals surface area contributed by atoms with Gasteiger partial charge in [0.15, 0.2) is 0 Å². The number of methoxy groups -OCH3 is 1. The molecular formula is C7H13N2O2. The van der Waals surface area contributed by atoms with Gasteiger partial charge in [0, 0.05) is 6.04 Å². The van der Waals surface area contributed by atoms with E-state index in [1.807, 2.05) is 0 Å². The van der Waals surface area contributed by atoms with Crippen molar-refractivity contribution < 1.29 is 9.53 Å². The lowest BCUT2D eigenvalue weighted by Crippen LogP contribution is -2.41. The van der Waals surface area contributed by atoms with E-state index in [0.29, 0.717) is 13.1 Å². The zero-order valence-corrected chi connectivity index (χ0v) is 6.67. The van der Waals surface area contributed by atoms with E-state index in [2.05, 4.69) is 15.4 Å². The number of nitrogens with zero attached hydrogens (tertiary/aromatic N) is 1. The van der Waals surface area contributed by atoms with Crippen molar-refractivity contribution >= 4 is 5.97 Å². The second kappa shape index (κ2) is 4.31. The Morgan fingerprint density at radius 2 is 2.64 bits per heavy atom. The summed E-state index contributed by atoms with van der Waals surface area (Å²) in [7, 11) is 1.41. The molecule has 1 saturated heterocycles. The molecule has 1 fully saturated rings. The average Bonchev–Trinajstić information content (AvgIpc) is 2.06. The molecule has 1 aliphatic rings. The van der Waals surface area contributed by atoms with Crippen LogP contribution in [-0.4, -0.2) is 32.3 Å². The first-order valence-corrected chi connectivity index (χ1v) is 3.77. The molecule has 0 aromatic heterocycles. The minimum absolute atomic E-state index is 0.166. The number of ether oxygens (including phenoxy) is 1. The first-order chi connectivity index (χ1) is 5.33. The molecule has 1 atom stereocenters. The van der Waals surface area contributed by atoms with Crippen LogP contribution >= 0.6 is 0 Å². The van der Waals surface area contributed by atoms with Gasteiger partial charge in [0.2, 0.25) is 0 Å². The summed E-state index contributed by atoms with van der Waals surface area (Å²) in [5.41, 5.74) is 0. The molecule has 1 N–H and O–H groups in total. The van der Waals surface area contributed by atoms with Gasteiger partial charge in [0.1, 0.15) is 0 Å². The van der Waals surface area contributed by atoms with Gasteiger partial charge in [-0.05, 0) is 13.0 Å². The monoisotopic (exact) mass is 157 g/mol. The molecule has 1 rings (SSSR count). The molecule has 1 unspecified atom stereocenters. The van der Waals surface area contributed by atoms with Crippen LogP contribution in [-0.2, 0) is 9.53 Å². The van der Waals surface area contributed by atoms with Crippen LogP contribution in [0.5, 0.6) is 0 Å². The molecule has 0 aromatic rings. The van der Waals surface area contributed by atoms with E-state index in [4.69, 9.17) is 0 Å². The topological polar surface area (TPSA) is 52.4 Å². The smallest absolute Gasteiger partial charge is 0.307 e. The summed E-state index contributed by atoms with van der Waals surface area (Å²) in [5.74, 6) is -0.166. The summed E-state index contributed by atoms with van der Waals surface area (Å²) in [6.07, 6.45) is 1.37. The zero-order chi connectivity index (χ0) is 8.10. The van der Waals surface area contributed by atoms with Crippen molar-refractivity contribution in [2.45, 2.75) is 18.9 Å². The summed E-state index contributed by atoms with van der Waals surface area (Å²) < 4.78 is 4.53. The summed E-state index contributed by atoms with van der Waals surface area (Å²) in [4.78, 5) is 10.8. The summed E-state index contributed by atoms with van der Waals surface area (Å²) in [6.45, 7) is 1.62. The molecule has 63 valence electrons. The maximum Gasteiger partial charge on any atom is 0.307 e. The lowest BCUT2D eigenvalue weighted by molar-refractivity contribution is -0.141. The van der Waals surface area contributed by atoms with Crippen LogP contribution < -0.4 is 10.6 Å². The van der Waals surface area contributed by atoms with Crippen LogP contribution in [0, 0.1) is 0 Å². The molecule has 1 heterocycles. The van der Waals surface area contributed by atoms with E-state index in [1.54, 1.807) is 0 Å². The molecule has 4 heteroatoms. The predicted octanol–water partition coefficient (Wildman–Crippen LogP) is -0.527. The second-order valence-corrected chi connectivity index (χ2v) is 2.56. The quantitative estimate of drug-likeness (QED) is 0.548. The van der Waals surface area contributed by atoms with E-state index < -0.39 is 0 Å². The van der Waals surface area contributed by atoms with Crippen LogP contribution in [0.4, 0.5) is 0 Å². The SMILES string of the molecule is COC(=O)CC1CCNC[N]1. The van der Waals surface area contributed by atoms with Crippen molar-refractivity contribution in [3.63, 3.8) is 0 Å². The van der Waals surface area contributed by atoms with Crippen molar-refractivity contribution in [2.75, 3.05) is 20.3 Å². The molecule has 0 aromatic carbocycles. The second-order valence-electron chi connectivity index (χ2n) is 2.56. The van der Waals surface area contributed by atoms with Crippen molar-refractivity contribution in [3.8, 4) is 0 Å². The Morgan fingerprint density at radius 1 is 1.82 bits per heavy atom. The first kappa shape index (κ1) is 8.49. The van der Waals surface area contributed by atoms with Crippen molar-refractivity contribution in [2.24, 2.45) is 0 Å². The van der Waals surface area contributed by atoms with E-state index >= 15 is 0 Å². The lowest BCUT2D eigenvalue weighted by atomic mass is 10.1. The molecule has 0 bridgehead atoms. The Bertz CT molecular complexity index is 132. The highest BCUT2D eigenvalue weighted by Gasteiger charge is 2.16. The minimum atomic E-state index is -0.166. The fourth-order valence-corrected chi connectivity index (χ4v) is 1.07. The number of hydrogen-bond donors (Lipinski definition) is 1. The lowest BCUT2D eigenvalue weighted by Gasteiger charge is -2.21. The average molecular weight is 157 g/mol. The van der Waals surface area contributed by atoms with E-state index in [-0.39, 0.29) is 12.0 Å². The van der Waals surface area contributed by atoms with Gasteiger partial charge in [-0.15, -0.1) is 0 Å². The molecule has 0 aliphatic carbocycles. The van der Waals surface area contributed by atoms with E-state index in [9.17, 15) is 4.79 Å². The molecule has 1 aliphatic heterocycles. The minimum Gasteiger partial charge on any atom is -0.469 e. The Kier molecular flexibility index (Phi) is 3.32. The number of carbonyl (C=O) groups is 1. The van der Waals surface area contributed by atoms with Crippen molar-refractivity contribution in [3.05, 3.63) is 0 Å². The van der Waals surface area contributed by atoms with Gasteiger partial charge in [0.05, 0.1) is 20.2 Å². The van der Waals surface area contributed by atoms with Gasteiger partial charge in [-0.1, -0.05) is 0 Å². The number of nitrogens with one attached hydrogen (secondary N) is 1. The third-order valence-electron chi connectivity index (χ3n) is 1.75. The summed E-state index contributed by atoms with van der Waals surface area (Å²) >= 11 is 0. The molecule has 0 saturated carbocycles. The Balaban J connectivity index is 2.19. The Hall–Kier alpha value is -0.610. The fraction of sp³-hybridized carbons (Fsp3) is 0.857. The molecule has 0 spiro atoms. The van der Waals surface area contributed by atoms with Crippen LogP contribution in [0.3, 0.4) is 0 Å². The van der Waals surface area contributed by atoms with E-state index in [0.717, 1.165) is 13.0 Å². The highest BCUT2D eigenvalue weighted by molar-refractivity contribution is 5.69. The highest BCUT2D eigenvalue weighted by atomic mass is 16.5. The maximum absolute atomic E-state index is 10.8. The third kappa shape index (κ3) is 2.86. The summed E-state index contributed by atoms with van der Waals surface area (Å²) in [5, 5.41) is 7.29. The molecule has 1 radical (unpaired) electrons. The molecule has 11 heavy (non-hydrogen) atoms. The molecule has 0 amide bonds. The summed E-state index contributed by atoms with van der Waals surface area (Å²) in [6, 6.07) is 0.170. The largest absolute Gasteiger partial charge is 0.469 e. The molecular weight excluding hydrogens is 144 g/mol. The van der Waals surface area contributed by atoms with Gasteiger partial charge >= 0.3 is 5.97 Å². The zero-order valence-electron chi connectivity index (χ0n) is 6.67. The molecule has 4 nitrogen and oxygen atoms in total. The van der Waals surface area contributed by atoms with Crippen LogP contribution in [0.15, 0.2) is 0 Å². The Morgan fingerprint density at radius 3 is 3.18 bits per heavy atom. The van der Waals surface area contributed by atoms with Crippen LogP contribution in [0.25, 0.3) is 0 Å². The number of hydrogen-bond acceptors (Lipinski definition) is 3. The predicted molar refractivity (Wildman–Crippen MR) is 40.0 cm³/mol. The Labute approximate surface area is 66.3 Å². The van der Waals surface area contributed by atoms with Gasteiger partial charge in [0.25, 0.3) is 0 Å². The first-order valence-electron chi connectivity index (χ1n) is 3.77. The van der Waals surface area contributed by atoms with Crippen molar-refractivity contribution in [1.82, 2.24) is 10.6 Å². The van der Waals surface area contributed by atoms with Crippen LogP contribution in [0.1, 0.15) is 12.8 Å². The number of esters is 1. The third-order valence-corrected chi connectivity index (χ3v) is 1.75. The number of rotatable bonds is 2. The van der Waals surface area contributed by atoms with Crippen LogP contribution in [0.2, 0.25) is 0 Å². The normalized spacial score (nSPS) is 24.6. The van der Waals surface area contributed by atoms with Gasteiger partial charge in [-0.25, -0.2) is 5.32 Å². The van der Waals surface area contributed by atoms with Gasteiger partial charge < -0.3 is 10.1 Å². The fourth-order valence-electron chi connectivity index (χ4n) is 1.07. The maximum atomic E-state index is 10.8. The van der Waals surface area contributed by atoms with Gasteiger partial charge in [-0.3, -0.25) is 4.79 Å².